The number of carbonyl (C=O) groups is 1. The van der Waals surface area contributed by atoms with Crippen molar-refractivity contribution in [1.29, 1.82) is 0 Å². The van der Waals surface area contributed by atoms with Gasteiger partial charge < -0.3 is 10.4 Å². The molecule has 0 aliphatic heterocycles. The fourth-order valence-corrected chi connectivity index (χ4v) is 2.42. The van der Waals surface area contributed by atoms with E-state index in [2.05, 4.69) is 16.6 Å². The molecule has 92 valence electrons. The average Bonchev–Trinajstić information content (AvgIpc) is 3.10. The molecule has 0 bridgehead atoms. The van der Waals surface area contributed by atoms with Gasteiger partial charge in [0, 0.05) is 24.0 Å². The molecule has 0 spiro atoms. The SMILES string of the molecule is CSC1(CNCc2ccc(C(=O)O)cn2)CC1. The van der Waals surface area contributed by atoms with Crippen LogP contribution in [0.2, 0.25) is 0 Å². The van der Waals surface area contributed by atoms with E-state index in [4.69, 9.17) is 5.11 Å². The van der Waals surface area contributed by atoms with Crippen LogP contribution in [0.25, 0.3) is 0 Å². The number of carboxylic acids is 1. The van der Waals surface area contributed by atoms with Crippen LogP contribution in [0.5, 0.6) is 0 Å². The standard InChI is InChI=1S/C12H16N2O2S/c1-17-12(4-5-12)8-13-7-10-3-2-9(6-14-10)11(15)16/h2-3,6,13H,4-5,7-8H2,1H3,(H,15,16). The van der Waals surface area contributed by atoms with Crippen LogP contribution < -0.4 is 5.32 Å². The van der Waals surface area contributed by atoms with Gasteiger partial charge in [-0.1, -0.05) is 0 Å². The van der Waals surface area contributed by atoms with Gasteiger partial charge in [0.2, 0.25) is 0 Å². The zero-order valence-corrected chi connectivity index (χ0v) is 10.6. The third kappa shape index (κ3) is 3.20. The van der Waals surface area contributed by atoms with E-state index in [1.165, 1.54) is 19.0 Å². The van der Waals surface area contributed by atoms with Crippen molar-refractivity contribution in [2.75, 3.05) is 12.8 Å². The van der Waals surface area contributed by atoms with E-state index in [9.17, 15) is 4.79 Å². The molecule has 1 saturated carbocycles. The van der Waals surface area contributed by atoms with Crippen LogP contribution in [0.1, 0.15) is 28.9 Å². The molecule has 0 amide bonds. The Labute approximate surface area is 105 Å². The van der Waals surface area contributed by atoms with Gasteiger partial charge in [0.15, 0.2) is 0 Å². The number of pyridine rings is 1. The van der Waals surface area contributed by atoms with Gasteiger partial charge in [0.05, 0.1) is 11.3 Å². The van der Waals surface area contributed by atoms with Crippen LogP contribution in [-0.4, -0.2) is 33.6 Å². The normalized spacial score (nSPS) is 16.8. The fourth-order valence-electron chi connectivity index (χ4n) is 1.67. The first kappa shape index (κ1) is 12.4. The van der Waals surface area contributed by atoms with Crippen molar-refractivity contribution in [2.45, 2.75) is 24.1 Å². The molecule has 1 aromatic heterocycles. The Bertz CT molecular complexity index is 401. The first-order chi connectivity index (χ1) is 8.15. The molecule has 2 rings (SSSR count). The molecule has 0 atom stereocenters. The maximum atomic E-state index is 10.6. The van der Waals surface area contributed by atoms with Gasteiger partial charge >= 0.3 is 5.97 Å². The molecule has 17 heavy (non-hydrogen) atoms. The molecular formula is C12H16N2O2S. The second kappa shape index (κ2) is 5.06. The van der Waals surface area contributed by atoms with Crippen LogP contribution >= 0.6 is 11.8 Å². The molecular weight excluding hydrogens is 236 g/mol. The van der Waals surface area contributed by atoms with Gasteiger partial charge in [-0.15, -0.1) is 0 Å². The smallest absolute Gasteiger partial charge is 0.337 e. The number of rotatable bonds is 6. The van der Waals surface area contributed by atoms with E-state index in [0.29, 0.717) is 11.3 Å². The zero-order valence-electron chi connectivity index (χ0n) is 9.77. The van der Waals surface area contributed by atoms with Crippen molar-refractivity contribution in [3.8, 4) is 0 Å². The van der Waals surface area contributed by atoms with E-state index in [1.807, 2.05) is 11.8 Å². The molecule has 0 unspecified atom stereocenters. The highest BCUT2D eigenvalue weighted by Crippen LogP contribution is 2.46. The summed E-state index contributed by atoms with van der Waals surface area (Å²) in [5, 5.41) is 12.1. The molecule has 0 saturated heterocycles. The second-order valence-electron chi connectivity index (χ2n) is 4.33. The summed E-state index contributed by atoms with van der Waals surface area (Å²) < 4.78 is 0.445. The number of nitrogens with one attached hydrogen (secondary N) is 1. The van der Waals surface area contributed by atoms with Gasteiger partial charge in [0.25, 0.3) is 0 Å². The highest BCUT2D eigenvalue weighted by atomic mass is 32.2. The second-order valence-corrected chi connectivity index (χ2v) is 5.61. The fraction of sp³-hybridized carbons (Fsp3) is 0.500. The molecule has 5 heteroatoms. The van der Waals surface area contributed by atoms with Crippen molar-refractivity contribution in [2.24, 2.45) is 0 Å². The molecule has 1 aliphatic carbocycles. The lowest BCUT2D eigenvalue weighted by Crippen LogP contribution is -2.25. The minimum absolute atomic E-state index is 0.233. The van der Waals surface area contributed by atoms with Crippen molar-refractivity contribution in [3.63, 3.8) is 0 Å². The van der Waals surface area contributed by atoms with Crippen molar-refractivity contribution < 1.29 is 9.90 Å². The number of aromatic nitrogens is 1. The molecule has 0 radical (unpaired) electrons. The summed E-state index contributed by atoms with van der Waals surface area (Å²) in [5.41, 5.74) is 1.11. The van der Waals surface area contributed by atoms with Gasteiger partial charge in [-0.25, -0.2) is 4.79 Å². The van der Waals surface area contributed by atoms with Crippen LogP contribution in [0, 0.1) is 0 Å². The van der Waals surface area contributed by atoms with Gasteiger partial charge in [-0.2, -0.15) is 11.8 Å². The number of hydrogen-bond acceptors (Lipinski definition) is 4. The Hall–Kier alpha value is -1.07. The van der Waals surface area contributed by atoms with Crippen LogP contribution in [0.15, 0.2) is 18.3 Å². The van der Waals surface area contributed by atoms with E-state index < -0.39 is 5.97 Å². The largest absolute Gasteiger partial charge is 0.478 e. The third-order valence-electron chi connectivity index (χ3n) is 3.07. The van der Waals surface area contributed by atoms with Crippen LogP contribution in [-0.2, 0) is 6.54 Å². The first-order valence-electron chi connectivity index (χ1n) is 5.59. The Morgan fingerprint density at radius 2 is 2.35 bits per heavy atom. The molecule has 4 nitrogen and oxygen atoms in total. The summed E-state index contributed by atoms with van der Waals surface area (Å²) >= 11 is 1.92. The van der Waals surface area contributed by atoms with Gasteiger partial charge in [-0.05, 0) is 31.2 Å². The lowest BCUT2D eigenvalue weighted by atomic mass is 10.2. The van der Waals surface area contributed by atoms with Crippen LogP contribution in [0.3, 0.4) is 0 Å². The van der Waals surface area contributed by atoms with Crippen molar-refractivity contribution in [3.05, 3.63) is 29.6 Å². The highest BCUT2D eigenvalue weighted by molar-refractivity contribution is 8.00. The Balaban J connectivity index is 1.81. The van der Waals surface area contributed by atoms with Crippen molar-refractivity contribution >= 4 is 17.7 Å². The van der Waals surface area contributed by atoms with E-state index in [0.717, 1.165) is 12.2 Å². The minimum atomic E-state index is -0.934. The van der Waals surface area contributed by atoms with Crippen molar-refractivity contribution in [1.82, 2.24) is 10.3 Å². The third-order valence-corrected chi connectivity index (χ3v) is 4.48. The predicted octanol–water partition coefficient (Wildman–Crippen LogP) is 1.77. The lowest BCUT2D eigenvalue weighted by molar-refractivity contribution is 0.0696. The number of aromatic carboxylic acids is 1. The molecule has 2 N–H and O–H groups in total. The molecule has 0 aromatic carbocycles. The summed E-state index contributed by atoms with van der Waals surface area (Å²) in [5.74, 6) is -0.934. The number of nitrogens with zero attached hydrogens (tertiary/aromatic N) is 1. The van der Waals surface area contributed by atoms with Gasteiger partial charge in [-0.3, -0.25) is 4.98 Å². The molecule has 1 aromatic rings. The molecule has 1 heterocycles. The lowest BCUT2D eigenvalue weighted by Gasteiger charge is -2.12. The quantitative estimate of drug-likeness (QED) is 0.808. The minimum Gasteiger partial charge on any atom is -0.478 e. The summed E-state index contributed by atoms with van der Waals surface area (Å²) in [7, 11) is 0. The predicted molar refractivity (Wildman–Crippen MR) is 68.4 cm³/mol. The Morgan fingerprint density at radius 3 is 2.82 bits per heavy atom. The monoisotopic (exact) mass is 252 g/mol. The maximum absolute atomic E-state index is 10.6. The molecule has 1 fully saturated rings. The Kier molecular flexibility index (Phi) is 3.69. The van der Waals surface area contributed by atoms with Gasteiger partial charge in [0.1, 0.15) is 0 Å². The van der Waals surface area contributed by atoms with E-state index >= 15 is 0 Å². The zero-order chi connectivity index (χ0) is 12.3. The Morgan fingerprint density at radius 1 is 1.59 bits per heavy atom. The highest BCUT2D eigenvalue weighted by Gasteiger charge is 2.41. The topological polar surface area (TPSA) is 62.2 Å². The number of hydrogen-bond donors (Lipinski definition) is 2. The first-order valence-corrected chi connectivity index (χ1v) is 6.82. The summed E-state index contributed by atoms with van der Waals surface area (Å²) in [6.45, 7) is 1.69. The van der Waals surface area contributed by atoms with E-state index in [-0.39, 0.29) is 5.56 Å². The summed E-state index contributed by atoms with van der Waals surface area (Å²) in [6.07, 6.45) is 6.12. The number of carboxylic acid groups (broad SMARTS) is 1. The van der Waals surface area contributed by atoms with E-state index in [1.54, 1.807) is 12.1 Å². The summed E-state index contributed by atoms with van der Waals surface area (Å²) in [4.78, 5) is 14.8. The maximum Gasteiger partial charge on any atom is 0.337 e. The average molecular weight is 252 g/mol. The summed E-state index contributed by atoms with van der Waals surface area (Å²) in [6, 6.07) is 3.35. The van der Waals surface area contributed by atoms with Crippen LogP contribution in [0.4, 0.5) is 0 Å². The number of thioether (sulfide) groups is 1. The molecule has 1 aliphatic rings.